The highest BCUT2D eigenvalue weighted by molar-refractivity contribution is 6.12. The molecule has 0 aliphatic rings. The number of benzene rings is 2. The molecule has 0 radical (unpaired) electrons. The average Bonchev–Trinajstić information content (AvgIpc) is 2.85. The number of carbonyl (C=O) groups is 1. The molecule has 0 spiro atoms. The molecule has 1 amide bonds. The minimum atomic E-state index is -0.411. The molecule has 1 N–H and O–H groups in total. The topological polar surface area (TPSA) is 91.7 Å². The van der Waals surface area contributed by atoms with Gasteiger partial charge in [-0.1, -0.05) is 6.07 Å². The molecule has 2 aromatic heterocycles. The van der Waals surface area contributed by atoms with Crippen LogP contribution in [0.1, 0.15) is 17.3 Å². The van der Waals surface area contributed by atoms with Crippen molar-refractivity contribution in [1.29, 1.82) is 0 Å². The molecule has 2 heterocycles. The largest absolute Gasteiger partial charge is 0.494 e. The summed E-state index contributed by atoms with van der Waals surface area (Å²) in [7, 11) is 2.99. The fraction of sp³-hybridized carbons (Fsp3) is 0.160. The number of hydrogen-bond donors (Lipinski definition) is 1. The Morgan fingerprint density at radius 3 is 2.30 bits per heavy atom. The Hall–Kier alpha value is -4.33. The van der Waals surface area contributed by atoms with Gasteiger partial charge in [-0.2, -0.15) is 0 Å². The molecule has 0 aliphatic carbocycles. The highest BCUT2D eigenvalue weighted by Gasteiger charge is 2.19. The summed E-state index contributed by atoms with van der Waals surface area (Å²) in [5.74, 6) is 1.48. The second-order valence-corrected chi connectivity index (χ2v) is 7.07. The zero-order chi connectivity index (χ0) is 23.4. The zero-order valence-corrected chi connectivity index (χ0v) is 18.5. The lowest BCUT2D eigenvalue weighted by Gasteiger charge is -2.15. The molecule has 0 unspecified atom stereocenters. The van der Waals surface area contributed by atoms with E-state index in [4.69, 9.17) is 14.2 Å². The van der Waals surface area contributed by atoms with Crippen molar-refractivity contribution in [2.45, 2.75) is 6.92 Å². The van der Waals surface area contributed by atoms with Gasteiger partial charge in [0.05, 0.1) is 31.8 Å². The Bertz CT molecular complexity index is 1350. The van der Waals surface area contributed by atoms with Crippen LogP contribution in [0.25, 0.3) is 16.5 Å². The van der Waals surface area contributed by atoms with Crippen molar-refractivity contribution < 1.29 is 19.0 Å². The van der Waals surface area contributed by atoms with E-state index in [0.29, 0.717) is 46.1 Å². The SMILES string of the molecule is CCOc1ccc(-n2cc(C(=O)Nc3ccccn3)c3cc(OC)c(OC)cc3c2=O)cc1. The summed E-state index contributed by atoms with van der Waals surface area (Å²) in [4.78, 5) is 30.8. The summed E-state index contributed by atoms with van der Waals surface area (Å²) >= 11 is 0. The first-order valence-corrected chi connectivity index (χ1v) is 10.3. The highest BCUT2D eigenvalue weighted by atomic mass is 16.5. The van der Waals surface area contributed by atoms with Crippen molar-refractivity contribution in [3.8, 4) is 22.9 Å². The predicted octanol–water partition coefficient (Wildman–Crippen LogP) is 4.05. The molecular weight excluding hydrogens is 422 g/mol. The molecule has 33 heavy (non-hydrogen) atoms. The van der Waals surface area contributed by atoms with Gasteiger partial charge in [0.2, 0.25) is 0 Å². The van der Waals surface area contributed by atoms with Crippen LogP contribution < -0.4 is 25.1 Å². The van der Waals surface area contributed by atoms with Gasteiger partial charge in [0, 0.05) is 23.5 Å². The number of aromatic nitrogens is 2. The van der Waals surface area contributed by atoms with Crippen LogP contribution >= 0.6 is 0 Å². The van der Waals surface area contributed by atoms with Gasteiger partial charge in [-0.15, -0.1) is 0 Å². The van der Waals surface area contributed by atoms with E-state index >= 15 is 0 Å². The lowest BCUT2D eigenvalue weighted by atomic mass is 10.0. The van der Waals surface area contributed by atoms with Crippen molar-refractivity contribution >= 4 is 22.5 Å². The molecule has 0 atom stereocenters. The molecule has 4 aromatic rings. The van der Waals surface area contributed by atoms with Crippen molar-refractivity contribution in [3.05, 3.63) is 82.9 Å². The quantitative estimate of drug-likeness (QED) is 0.461. The molecule has 0 aliphatic heterocycles. The monoisotopic (exact) mass is 445 g/mol. The minimum Gasteiger partial charge on any atom is -0.494 e. The van der Waals surface area contributed by atoms with Crippen molar-refractivity contribution in [3.63, 3.8) is 0 Å². The van der Waals surface area contributed by atoms with Crippen LogP contribution in [-0.2, 0) is 0 Å². The Labute approximate surface area is 190 Å². The maximum atomic E-state index is 13.4. The minimum absolute atomic E-state index is 0.282. The number of fused-ring (bicyclic) bond motifs is 1. The Morgan fingerprint density at radius 1 is 1.00 bits per heavy atom. The maximum absolute atomic E-state index is 13.4. The zero-order valence-electron chi connectivity index (χ0n) is 18.5. The smallest absolute Gasteiger partial charge is 0.263 e. The van der Waals surface area contributed by atoms with E-state index in [9.17, 15) is 9.59 Å². The fourth-order valence-electron chi connectivity index (χ4n) is 3.53. The van der Waals surface area contributed by atoms with Gasteiger partial charge >= 0.3 is 0 Å². The number of nitrogens with one attached hydrogen (secondary N) is 1. The van der Waals surface area contributed by atoms with E-state index in [-0.39, 0.29) is 11.1 Å². The number of anilines is 1. The van der Waals surface area contributed by atoms with E-state index in [2.05, 4.69) is 10.3 Å². The van der Waals surface area contributed by atoms with E-state index in [1.807, 2.05) is 6.92 Å². The van der Waals surface area contributed by atoms with Crippen LogP contribution in [0.5, 0.6) is 17.2 Å². The standard InChI is InChI=1S/C25H23N3O5/c1-4-33-17-10-8-16(9-11-17)28-15-20(24(29)27-23-7-5-6-12-26-23)18-13-21(31-2)22(32-3)14-19(18)25(28)30/h5-15H,4H2,1-3H3,(H,26,27,29). The van der Waals surface area contributed by atoms with Gasteiger partial charge in [0.1, 0.15) is 11.6 Å². The molecule has 0 saturated heterocycles. The van der Waals surface area contributed by atoms with Gasteiger partial charge < -0.3 is 19.5 Å². The summed E-state index contributed by atoms with van der Waals surface area (Å²) in [6.07, 6.45) is 3.10. The third-order valence-electron chi connectivity index (χ3n) is 5.10. The second-order valence-electron chi connectivity index (χ2n) is 7.07. The summed E-state index contributed by atoms with van der Waals surface area (Å²) in [5.41, 5.74) is 0.571. The Morgan fingerprint density at radius 2 is 1.70 bits per heavy atom. The first-order valence-electron chi connectivity index (χ1n) is 10.3. The Kier molecular flexibility index (Phi) is 6.26. The van der Waals surface area contributed by atoms with Crippen LogP contribution in [0.2, 0.25) is 0 Å². The summed E-state index contributed by atoms with van der Waals surface area (Å²) < 4.78 is 17.7. The third-order valence-corrected chi connectivity index (χ3v) is 5.10. The van der Waals surface area contributed by atoms with E-state index in [1.54, 1.807) is 60.8 Å². The molecule has 0 bridgehead atoms. The number of nitrogens with zero attached hydrogens (tertiary/aromatic N) is 2. The predicted molar refractivity (Wildman–Crippen MR) is 126 cm³/mol. The summed E-state index contributed by atoms with van der Waals surface area (Å²) in [6.45, 7) is 2.44. The normalized spacial score (nSPS) is 10.6. The molecule has 8 nitrogen and oxygen atoms in total. The average molecular weight is 445 g/mol. The van der Waals surface area contributed by atoms with Gasteiger partial charge in [0.15, 0.2) is 11.5 Å². The summed E-state index contributed by atoms with van der Waals surface area (Å²) in [5, 5.41) is 3.54. The number of methoxy groups -OCH3 is 2. The number of pyridine rings is 2. The van der Waals surface area contributed by atoms with Crippen LogP contribution in [0.3, 0.4) is 0 Å². The van der Waals surface area contributed by atoms with Gasteiger partial charge in [-0.05, 0) is 55.5 Å². The van der Waals surface area contributed by atoms with Gasteiger partial charge in [0.25, 0.3) is 11.5 Å². The number of carbonyl (C=O) groups excluding carboxylic acids is 1. The number of hydrogen-bond acceptors (Lipinski definition) is 6. The highest BCUT2D eigenvalue weighted by Crippen LogP contribution is 2.33. The Balaban J connectivity index is 1.92. The first-order chi connectivity index (χ1) is 16.0. The molecule has 8 heteroatoms. The van der Waals surface area contributed by atoms with E-state index < -0.39 is 5.91 Å². The van der Waals surface area contributed by atoms with Crippen molar-refractivity contribution in [2.75, 3.05) is 26.1 Å². The second kappa shape index (κ2) is 9.44. The van der Waals surface area contributed by atoms with Crippen LogP contribution in [0, 0.1) is 0 Å². The molecule has 2 aromatic carbocycles. The number of amides is 1. The summed E-state index contributed by atoms with van der Waals surface area (Å²) in [6, 6.07) is 15.5. The van der Waals surface area contributed by atoms with E-state index in [1.165, 1.54) is 25.0 Å². The van der Waals surface area contributed by atoms with Crippen LogP contribution in [-0.4, -0.2) is 36.3 Å². The molecule has 168 valence electrons. The van der Waals surface area contributed by atoms with Crippen molar-refractivity contribution in [1.82, 2.24) is 9.55 Å². The lowest BCUT2D eigenvalue weighted by molar-refractivity contribution is 0.102. The number of rotatable bonds is 7. The van der Waals surface area contributed by atoms with Gasteiger partial charge in [-0.3, -0.25) is 14.2 Å². The molecule has 0 fully saturated rings. The van der Waals surface area contributed by atoms with Crippen molar-refractivity contribution in [2.24, 2.45) is 0 Å². The molecular formula is C25H23N3O5. The first kappa shape index (κ1) is 21.9. The third kappa shape index (κ3) is 4.36. The van der Waals surface area contributed by atoms with E-state index in [0.717, 1.165) is 0 Å². The molecule has 0 saturated carbocycles. The van der Waals surface area contributed by atoms with Crippen LogP contribution in [0.4, 0.5) is 5.82 Å². The van der Waals surface area contributed by atoms with Gasteiger partial charge in [-0.25, -0.2) is 4.98 Å². The number of ether oxygens (including phenoxy) is 3. The molecule has 4 rings (SSSR count). The lowest BCUT2D eigenvalue weighted by Crippen LogP contribution is -2.23. The fourth-order valence-corrected chi connectivity index (χ4v) is 3.53. The maximum Gasteiger partial charge on any atom is 0.263 e. The van der Waals surface area contributed by atoms with Crippen LogP contribution in [0.15, 0.2) is 71.8 Å².